The predicted octanol–water partition coefficient (Wildman–Crippen LogP) is 3.77. The molecule has 166 valence electrons. The van der Waals surface area contributed by atoms with Crippen LogP contribution in [0.15, 0.2) is 29.6 Å². The van der Waals surface area contributed by atoms with Crippen LogP contribution in [0.4, 0.5) is 0 Å². The average Bonchev–Trinajstić information content (AvgIpc) is 3.49. The van der Waals surface area contributed by atoms with E-state index in [1.54, 1.807) is 7.11 Å². The summed E-state index contributed by atoms with van der Waals surface area (Å²) in [6, 6.07) is 8.24. The Balaban J connectivity index is 1.29. The summed E-state index contributed by atoms with van der Waals surface area (Å²) in [6.45, 7) is 4.17. The number of rotatable bonds is 5. The normalized spacial score (nSPS) is 29.0. The molecule has 2 aromatic rings. The molecule has 0 spiro atoms. The van der Waals surface area contributed by atoms with E-state index < -0.39 is 0 Å². The molecule has 2 aliphatic heterocycles. The van der Waals surface area contributed by atoms with Gasteiger partial charge < -0.3 is 9.64 Å². The van der Waals surface area contributed by atoms with Crippen LogP contribution in [0.5, 0.6) is 5.75 Å². The molecule has 2 saturated heterocycles. The summed E-state index contributed by atoms with van der Waals surface area (Å²) in [7, 11) is 1.70. The first-order valence-electron chi connectivity index (χ1n) is 11.6. The number of carbonyl (C=O) groups excluding carboxylic acids is 1. The molecule has 3 fully saturated rings. The van der Waals surface area contributed by atoms with Crippen LogP contribution in [0.1, 0.15) is 55.2 Å². The number of nitrogens with zero attached hydrogens (tertiary/aromatic N) is 4. The predicted molar refractivity (Wildman–Crippen MR) is 121 cm³/mol. The minimum atomic E-state index is 0.180. The van der Waals surface area contributed by atoms with Crippen molar-refractivity contribution in [3.8, 4) is 5.75 Å². The van der Waals surface area contributed by atoms with Gasteiger partial charge in [-0.1, -0.05) is 35.9 Å². The van der Waals surface area contributed by atoms with E-state index in [2.05, 4.69) is 31.5 Å². The maximum absolute atomic E-state index is 13.3. The van der Waals surface area contributed by atoms with Crippen molar-refractivity contribution >= 4 is 17.4 Å². The van der Waals surface area contributed by atoms with Crippen LogP contribution in [-0.2, 0) is 4.79 Å². The Bertz CT molecular complexity index is 889. The van der Waals surface area contributed by atoms with Gasteiger partial charge in [0.25, 0.3) is 0 Å². The van der Waals surface area contributed by atoms with E-state index in [9.17, 15) is 4.79 Å². The monoisotopic (exact) mass is 440 g/mol. The summed E-state index contributed by atoms with van der Waals surface area (Å²) in [6.07, 6.45) is 6.75. The smallest absolute Gasteiger partial charge is 0.236 e. The highest BCUT2D eigenvalue weighted by atomic mass is 32.1. The number of methoxy groups -OCH3 is 1. The molecule has 6 nitrogen and oxygen atoms in total. The van der Waals surface area contributed by atoms with E-state index in [-0.39, 0.29) is 17.7 Å². The zero-order valence-corrected chi connectivity index (χ0v) is 19.1. The molecule has 4 atom stereocenters. The first kappa shape index (κ1) is 20.9. The maximum Gasteiger partial charge on any atom is 0.236 e. The van der Waals surface area contributed by atoms with Crippen LogP contribution in [0.25, 0.3) is 0 Å². The van der Waals surface area contributed by atoms with E-state index in [1.165, 1.54) is 49.2 Å². The van der Waals surface area contributed by atoms with Crippen molar-refractivity contribution in [2.45, 2.75) is 43.9 Å². The van der Waals surface area contributed by atoms with Crippen molar-refractivity contribution in [2.24, 2.45) is 11.8 Å². The van der Waals surface area contributed by atoms with Gasteiger partial charge >= 0.3 is 0 Å². The lowest BCUT2D eigenvalue weighted by Gasteiger charge is -2.41. The Morgan fingerprint density at radius 2 is 1.97 bits per heavy atom. The number of carbonyl (C=O) groups is 1. The Morgan fingerprint density at radius 1 is 1.13 bits per heavy atom. The van der Waals surface area contributed by atoms with Crippen LogP contribution in [0, 0.1) is 11.8 Å². The van der Waals surface area contributed by atoms with Crippen LogP contribution in [0.2, 0.25) is 0 Å². The van der Waals surface area contributed by atoms with E-state index in [4.69, 9.17) is 4.74 Å². The topological polar surface area (TPSA) is 58.6 Å². The number of hydrogen-bond donors (Lipinski definition) is 0. The SMILES string of the molecule is COc1cccc([C@@H]2CN(C(=O)CN3CCC4CCCCC4C3)C[C@H]2c2csnn2)c1. The standard InChI is InChI=1S/C24H32N4O2S/c1-30-20-8-4-7-18(11-20)21-13-28(14-22(21)23-16-31-26-25-23)24(29)15-27-10-9-17-5-2-3-6-19(17)12-27/h4,7-8,11,16-17,19,21-22H,2-3,5-6,9-10,12-15H2,1H3/t17?,19?,21-,22+/m0/s1. The zero-order chi connectivity index (χ0) is 21.2. The minimum Gasteiger partial charge on any atom is -0.497 e. The highest BCUT2D eigenvalue weighted by molar-refractivity contribution is 7.03. The van der Waals surface area contributed by atoms with E-state index in [0.717, 1.165) is 42.9 Å². The molecule has 1 aliphatic carbocycles. The van der Waals surface area contributed by atoms with Crippen LogP contribution in [-0.4, -0.2) is 65.1 Å². The molecule has 31 heavy (non-hydrogen) atoms. The number of piperidine rings is 1. The zero-order valence-electron chi connectivity index (χ0n) is 18.3. The Kier molecular flexibility index (Phi) is 6.23. The van der Waals surface area contributed by atoms with E-state index in [0.29, 0.717) is 13.1 Å². The molecule has 1 aromatic carbocycles. The fraction of sp³-hybridized carbons (Fsp3) is 0.625. The summed E-state index contributed by atoms with van der Waals surface area (Å²) < 4.78 is 9.53. The van der Waals surface area contributed by atoms with Crippen LogP contribution >= 0.6 is 11.5 Å². The van der Waals surface area contributed by atoms with Crippen molar-refractivity contribution in [3.63, 3.8) is 0 Å². The molecule has 1 aromatic heterocycles. The van der Waals surface area contributed by atoms with Crippen molar-refractivity contribution in [1.82, 2.24) is 19.4 Å². The molecular weight excluding hydrogens is 408 g/mol. The van der Waals surface area contributed by atoms with Gasteiger partial charge in [0, 0.05) is 36.9 Å². The summed E-state index contributed by atoms with van der Waals surface area (Å²) in [5.41, 5.74) is 2.20. The minimum absolute atomic E-state index is 0.180. The van der Waals surface area contributed by atoms with Crippen molar-refractivity contribution in [1.29, 1.82) is 0 Å². The lowest BCUT2D eigenvalue weighted by molar-refractivity contribution is -0.132. The summed E-state index contributed by atoms with van der Waals surface area (Å²) in [5, 5.41) is 6.39. The second kappa shape index (κ2) is 9.25. The first-order valence-corrected chi connectivity index (χ1v) is 12.5. The summed E-state index contributed by atoms with van der Waals surface area (Å²) in [4.78, 5) is 17.8. The van der Waals surface area contributed by atoms with Gasteiger partial charge in [0.15, 0.2) is 0 Å². The summed E-state index contributed by atoms with van der Waals surface area (Å²) in [5.74, 6) is 3.20. The highest BCUT2D eigenvalue weighted by Gasteiger charge is 2.39. The van der Waals surface area contributed by atoms with Gasteiger partial charge in [0.1, 0.15) is 5.75 Å². The molecule has 1 amide bonds. The van der Waals surface area contributed by atoms with Gasteiger partial charge in [-0.25, -0.2) is 0 Å². The van der Waals surface area contributed by atoms with Gasteiger partial charge in [-0.05, 0) is 60.5 Å². The molecule has 3 heterocycles. The molecule has 0 bridgehead atoms. The highest BCUT2D eigenvalue weighted by Crippen LogP contribution is 2.40. The Labute approximate surface area is 188 Å². The van der Waals surface area contributed by atoms with Gasteiger partial charge in [0.2, 0.25) is 5.91 Å². The number of hydrogen-bond acceptors (Lipinski definition) is 6. The summed E-state index contributed by atoms with van der Waals surface area (Å²) >= 11 is 1.38. The van der Waals surface area contributed by atoms with Crippen LogP contribution in [0.3, 0.4) is 0 Å². The molecule has 0 N–H and O–H groups in total. The molecule has 5 rings (SSSR count). The van der Waals surface area contributed by atoms with E-state index >= 15 is 0 Å². The fourth-order valence-electron chi connectivity index (χ4n) is 5.96. The molecule has 7 heteroatoms. The van der Waals surface area contributed by atoms with Crippen molar-refractivity contribution in [3.05, 3.63) is 40.9 Å². The third-order valence-corrected chi connectivity index (χ3v) is 8.21. The average molecular weight is 441 g/mol. The lowest BCUT2D eigenvalue weighted by atomic mass is 9.75. The Morgan fingerprint density at radius 3 is 2.77 bits per heavy atom. The number of aromatic nitrogens is 2. The Hall–Kier alpha value is -1.99. The quantitative estimate of drug-likeness (QED) is 0.708. The van der Waals surface area contributed by atoms with Gasteiger partial charge in [-0.15, -0.1) is 5.10 Å². The number of likely N-dealkylation sites (tertiary alicyclic amines) is 2. The molecular formula is C24H32N4O2S. The number of amides is 1. The van der Waals surface area contributed by atoms with Crippen molar-refractivity contribution < 1.29 is 9.53 Å². The number of fused-ring (bicyclic) bond motifs is 1. The van der Waals surface area contributed by atoms with Crippen LogP contribution < -0.4 is 4.74 Å². The molecule has 2 unspecified atom stereocenters. The molecule has 1 saturated carbocycles. The van der Waals surface area contributed by atoms with Gasteiger partial charge in [-0.2, -0.15) is 0 Å². The molecule has 0 radical (unpaired) electrons. The fourth-order valence-corrected chi connectivity index (χ4v) is 6.48. The number of ether oxygens (including phenoxy) is 1. The maximum atomic E-state index is 13.3. The number of benzene rings is 1. The largest absolute Gasteiger partial charge is 0.497 e. The third-order valence-electron chi connectivity index (χ3n) is 7.69. The lowest BCUT2D eigenvalue weighted by Crippen LogP contribution is -2.46. The van der Waals surface area contributed by atoms with E-state index in [1.807, 2.05) is 17.5 Å². The molecule has 3 aliphatic rings. The first-order chi connectivity index (χ1) is 15.2. The third kappa shape index (κ3) is 4.48. The second-order valence-corrected chi connectivity index (χ2v) is 10.1. The van der Waals surface area contributed by atoms with Gasteiger partial charge in [0.05, 0.1) is 19.3 Å². The van der Waals surface area contributed by atoms with Gasteiger partial charge in [-0.3, -0.25) is 9.69 Å². The van der Waals surface area contributed by atoms with Crippen molar-refractivity contribution in [2.75, 3.05) is 39.8 Å². The second-order valence-electron chi connectivity index (χ2n) is 9.45.